The largest absolute Gasteiger partial charge is 0.284 e. The van der Waals surface area contributed by atoms with Crippen LogP contribution in [0.15, 0.2) is 70.8 Å². The highest BCUT2D eigenvalue weighted by molar-refractivity contribution is 7.14. The topological polar surface area (TPSA) is 45.6 Å². The van der Waals surface area contributed by atoms with Crippen LogP contribution in [0.1, 0.15) is 11.1 Å². The molecule has 0 unspecified atom stereocenters. The minimum absolute atomic E-state index is 0.246. The van der Waals surface area contributed by atoms with Crippen LogP contribution >= 0.6 is 34.5 Å². The zero-order valence-corrected chi connectivity index (χ0v) is 15.6. The van der Waals surface area contributed by atoms with Gasteiger partial charge in [0.25, 0.3) is 5.91 Å². The summed E-state index contributed by atoms with van der Waals surface area (Å²) in [4.78, 5) is 23.4. The van der Waals surface area contributed by atoms with Gasteiger partial charge in [0.05, 0.1) is 0 Å². The highest BCUT2D eigenvalue weighted by Crippen LogP contribution is 2.30. The van der Waals surface area contributed by atoms with Crippen molar-refractivity contribution >= 4 is 57.5 Å². The van der Waals surface area contributed by atoms with E-state index in [1.807, 2.05) is 35.7 Å². The Bertz CT molecular complexity index is 1030. The highest BCUT2D eigenvalue weighted by Gasteiger charge is 2.34. The van der Waals surface area contributed by atoms with Gasteiger partial charge >= 0.3 is 0 Å². The predicted molar refractivity (Wildman–Crippen MR) is 107 cm³/mol. The highest BCUT2D eigenvalue weighted by atomic mass is 35.5. The smallest absolute Gasteiger partial charge is 0.266 e. The summed E-state index contributed by atoms with van der Waals surface area (Å²) in [7, 11) is 0. The summed E-state index contributed by atoms with van der Waals surface area (Å²) < 4.78 is 0. The second-order valence-electron chi connectivity index (χ2n) is 5.45. The Morgan fingerprint density at radius 2 is 1.88 bits per heavy atom. The number of carbonyl (C=O) groups excluding carboxylic acids is 1. The molecule has 4 rings (SSSR count). The molecular formula is C19H11Cl2N3OS. The predicted octanol–water partition coefficient (Wildman–Crippen LogP) is 5.28. The van der Waals surface area contributed by atoms with Crippen LogP contribution in [0, 0.1) is 0 Å². The molecule has 0 atom stereocenters. The molecule has 7 heteroatoms. The zero-order valence-electron chi connectivity index (χ0n) is 13.3. The first kappa shape index (κ1) is 17.0. The van der Waals surface area contributed by atoms with E-state index in [4.69, 9.17) is 23.2 Å². The van der Waals surface area contributed by atoms with Crippen molar-refractivity contribution in [3.63, 3.8) is 0 Å². The summed E-state index contributed by atoms with van der Waals surface area (Å²) in [6.07, 6.45) is 3.32. The fourth-order valence-corrected chi connectivity index (χ4v) is 3.67. The normalized spacial score (nSPS) is 15.6. The van der Waals surface area contributed by atoms with Gasteiger partial charge in [-0.2, -0.15) is 0 Å². The Morgan fingerprint density at radius 3 is 2.58 bits per heavy atom. The number of nitrogens with zero attached hydrogens (tertiary/aromatic N) is 3. The maximum atomic E-state index is 13.0. The van der Waals surface area contributed by atoms with Crippen molar-refractivity contribution in [3.05, 3.63) is 87.0 Å². The van der Waals surface area contributed by atoms with E-state index in [1.54, 1.807) is 30.5 Å². The molecule has 3 aromatic rings. The van der Waals surface area contributed by atoms with E-state index in [0.29, 0.717) is 32.3 Å². The number of benzene rings is 2. The van der Waals surface area contributed by atoms with E-state index >= 15 is 0 Å². The van der Waals surface area contributed by atoms with Crippen LogP contribution in [0.25, 0.3) is 6.08 Å². The van der Waals surface area contributed by atoms with Crippen LogP contribution in [-0.4, -0.2) is 16.7 Å². The molecule has 0 aliphatic carbocycles. The third kappa shape index (κ3) is 3.17. The minimum Gasteiger partial charge on any atom is -0.266 e. The molecule has 128 valence electrons. The lowest BCUT2D eigenvalue weighted by molar-refractivity contribution is -0.113. The van der Waals surface area contributed by atoms with Crippen molar-refractivity contribution in [1.82, 2.24) is 4.98 Å². The van der Waals surface area contributed by atoms with Crippen molar-refractivity contribution in [1.29, 1.82) is 0 Å². The number of amidine groups is 1. The zero-order chi connectivity index (χ0) is 18.1. The summed E-state index contributed by atoms with van der Waals surface area (Å²) in [6.45, 7) is 0. The van der Waals surface area contributed by atoms with Gasteiger partial charge in [0.15, 0.2) is 5.13 Å². The number of thiazole rings is 1. The Morgan fingerprint density at radius 1 is 1.08 bits per heavy atom. The van der Waals surface area contributed by atoms with E-state index in [-0.39, 0.29) is 5.91 Å². The van der Waals surface area contributed by atoms with E-state index in [1.165, 1.54) is 16.2 Å². The number of carbonyl (C=O) groups is 1. The molecule has 0 saturated carbocycles. The van der Waals surface area contributed by atoms with Crippen molar-refractivity contribution in [3.8, 4) is 0 Å². The molecule has 1 aliphatic heterocycles. The lowest BCUT2D eigenvalue weighted by atomic mass is 10.2. The van der Waals surface area contributed by atoms with E-state index in [9.17, 15) is 4.79 Å². The molecule has 2 aromatic carbocycles. The van der Waals surface area contributed by atoms with E-state index in [0.717, 1.165) is 5.56 Å². The van der Waals surface area contributed by atoms with Crippen LogP contribution in [-0.2, 0) is 4.79 Å². The fourth-order valence-electron chi connectivity index (χ4n) is 2.57. The SMILES string of the molecule is O=C1/C(=C\c2ccc(Cl)cc2Cl)N=C(c2ccccc2)N1c1nccs1. The van der Waals surface area contributed by atoms with Crippen LogP contribution in [0.5, 0.6) is 0 Å². The minimum atomic E-state index is -0.246. The number of aliphatic imine (C=N–C) groups is 1. The van der Waals surface area contributed by atoms with Gasteiger partial charge in [0, 0.05) is 27.2 Å². The van der Waals surface area contributed by atoms with E-state index in [2.05, 4.69) is 9.98 Å². The summed E-state index contributed by atoms with van der Waals surface area (Å²) in [6, 6.07) is 14.7. The molecule has 1 aromatic heterocycles. The molecule has 0 saturated heterocycles. The fraction of sp³-hybridized carbons (Fsp3) is 0. The lowest BCUT2D eigenvalue weighted by Crippen LogP contribution is -2.32. The van der Waals surface area contributed by atoms with Gasteiger partial charge < -0.3 is 0 Å². The van der Waals surface area contributed by atoms with Gasteiger partial charge in [0.2, 0.25) is 0 Å². The Kier molecular flexibility index (Phi) is 4.59. The van der Waals surface area contributed by atoms with Crippen LogP contribution in [0.2, 0.25) is 10.0 Å². The van der Waals surface area contributed by atoms with Gasteiger partial charge in [-0.05, 0) is 23.8 Å². The molecule has 0 fully saturated rings. The van der Waals surface area contributed by atoms with Gasteiger partial charge in [-0.3, -0.25) is 4.79 Å². The molecule has 26 heavy (non-hydrogen) atoms. The number of hydrogen-bond donors (Lipinski definition) is 0. The lowest BCUT2D eigenvalue weighted by Gasteiger charge is -2.14. The maximum Gasteiger partial charge on any atom is 0.284 e. The molecule has 0 N–H and O–H groups in total. The summed E-state index contributed by atoms with van der Waals surface area (Å²) >= 11 is 13.6. The summed E-state index contributed by atoms with van der Waals surface area (Å²) in [5.74, 6) is 0.298. The Labute approximate surface area is 164 Å². The number of rotatable bonds is 3. The van der Waals surface area contributed by atoms with Crippen molar-refractivity contribution < 1.29 is 4.79 Å². The summed E-state index contributed by atoms with van der Waals surface area (Å²) in [5, 5.41) is 3.39. The second kappa shape index (κ2) is 7.03. The molecule has 4 nitrogen and oxygen atoms in total. The number of aromatic nitrogens is 1. The molecule has 2 heterocycles. The molecule has 0 bridgehead atoms. The molecule has 1 aliphatic rings. The van der Waals surface area contributed by atoms with Gasteiger partial charge in [-0.1, -0.05) is 59.6 Å². The van der Waals surface area contributed by atoms with Gasteiger partial charge in [-0.15, -0.1) is 11.3 Å². The van der Waals surface area contributed by atoms with Crippen molar-refractivity contribution in [2.75, 3.05) is 4.90 Å². The summed E-state index contributed by atoms with van der Waals surface area (Å²) in [5.41, 5.74) is 1.81. The molecule has 0 radical (unpaired) electrons. The Hall–Kier alpha value is -2.47. The number of anilines is 1. The second-order valence-corrected chi connectivity index (χ2v) is 7.17. The first-order valence-corrected chi connectivity index (χ1v) is 9.32. The monoisotopic (exact) mass is 399 g/mol. The van der Waals surface area contributed by atoms with Crippen LogP contribution < -0.4 is 4.90 Å². The van der Waals surface area contributed by atoms with Gasteiger partial charge in [-0.25, -0.2) is 14.9 Å². The quantitative estimate of drug-likeness (QED) is 0.562. The number of halogens is 2. The first-order chi connectivity index (χ1) is 12.6. The Balaban J connectivity index is 1.82. The van der Waals surface area contributed by atoms with Crippen LogP contribution in [0.4, 0.5) is 5.13 Å². The molecule has 0 spiro atoms. The van der Waals surface area contributed by atoms with Crippen LogP contribution in [0.3, 0.4) is 0 Å². The van der Waals surface area contributed by atoms with Crippen molar-refractivity contribution in [2.24, 2.45) is 4.99 Å². The third-order valence-electron chi connectivity index (χ3n) is 3.76. The van der Waals surface area contributed by atoms with Crippen molar-refractivity contribution in [2.45, 2.75) is 0 Å². The average molecular weight is 400 g/mol. The maximum absolute atomic E-state index is 13.0. The third-order valence-corrected chi connectivity index (χ3v) is 5.08. The average Bonchev–Trinajstić information content (AvgIpc) is 3.26. The molecule has 1 amide bonds. The van der Waals surface area contributed by atoms with E-state index < -0.39 is 0 Å². The first-order valence-electron chi connectivity index (χ1n) is 7.68. The number of hydrogen-bond acceptors (Lipinski definition) is 4. The molecular weight excluding hydrogens is 389 g/mol. The van der Waals surface area contributed by atoms with Gasteiger partial charge in [0.1, 0.15) is 11.5 Å². The standard InChI is InChI=1S/C19H11Cl2N3OS/c20-14-7-6-13(15(21)11-14)10-16-18(25)24(19-22-8-9-26-19)17(23-16)12-4-2-1-3-5-12/h1-11H/b16-10+. The number of amides is 1.